The van der Waals surface area contributed by atoms with Crippen LogP contribution in [0.1, 0.15) is 5.56 Å². The van der Waals surface area contributed by atoms with Gasteiger partial charge in [0, 0.05) is 18.7 Å². The summed E-state index contributed by atoms with van der Waals surface area (Å²) in [6.45, 7) is 1.80. The lowest BCUT2D eigenvalue weighted by Crippen LogP contribution is -2.21. The predicted octanol–water partition coefficient (Wildman–Crippen LogP) is 1.95. The SMILES string of the molecule is CN(C)CCNc1ccc(C(N)=S)cc1Cl. The first-order valence-electron chi connectivity index (χ1n) is 4.98. The van der Waals surface area contributed by atoms with E-state index in [0.717, 1.165) is 24.3 Å². The number of halogens is 1. The minimum Gasteiger partial charge on any atom is -0.389 e. The van der Waals surface area contributed by atoms with Crippen molar-refractivity contribution < 1.29 is 0 Å². The van der Waals surface area contributed by atoms with Crippen molar-refractivity contribution in [2.24, 2.45) is 5.73 Å². The molecular weight excluding hydrogens is 242 g/mol. The lowest BCUT2D eigenvalue weighted by molar-refractivity contribution is 0.425. The maximum absolute atomic E-state index is 6.10. The second-order valence-electron chi connectivity index (χ2n) is 3.79. The van der Waals surface area contributed by atoms with Crippen LogP contribution in [0.15, 0.2) is 18.2 Å². The van der Waals surface area contributed by atoms with Gasteiger partial charge in [-0.15, -0.1) is 0 Å². The van der Waals surface area contributed by atoms with E-state index in [0.29, 0.717) is 10.0 Å². The first-order valence-corrected chi connectivity index (χ1v) is 5.77. The molecule has 0 aliphatic carbocycles. The topological polar surface area (TPSA) is 41.3 Å². The molecule has 1 aromatic carbocycles. The molecule has 88 valence electrons. The lowest BCUT2D eigenvalue weighted by atomic mass is 10.2. The zero-order valence-electron chi connectivity index (χ0n) is 9.46. The van der Waals surface area contributed by atoms with Crippen LogP contribution in [0.2, 0.25) is 5.02 Å². The first kappa shape index (κ1) is 13.2. The van der Waals surface area contributed by atoms with Gasteiger partial charge in [-0.2, -0.15) is 0 Å². The van der Waals surface area contributed by atoms with Crippen LogP contribution in [0.5, 0.6) is 0 Å². The molecule has 5 heteroatoms. The number of hydrogen-bond donors (Lipinski definition) is 2. The highest BCUT2D eigenvalue weighted by atomic mass is 35.5. The summed E-state index contributed by atoms with van der Waals surface area (Å²) in [5, 5.41) is 3.90. The van der Waals surface area contributed by atoms with Gasteiger partial charge in [0.15, 0.2) is 0 Å². The number of nitrogens with two attached hydrogens (primary N) is 1. The van der Waals surface area contributed by atoms with Crippen LogP contribution in [-0.2, 0) is 0 Å². The summed E-state index contributed by atoms with van der Waals surface area (Å²) < 4.78 is 0. The fourth-order valence-electron chi connectivity index (χ4n) is 1.23. The third-order valence-electron chi connectivity index (χ3n) is 2.13. The molecule has 0 amide bonds. The Balaban J connectivity index is 2.64. The van der Waals surface area contributed by atoms with Gasteiger partial charge in [0.25, 0.3) is 0 Å². The van der Waals surface area contributed by atoms with Crippen LogP contribution < -0.4 is 11.1 Å². The zero-order valence-corrected chi connectivity index (χ0v) is 11.0. The Morgan fingerprint density at radius 1 is 1.50 bits per heavy atom. The molecule has 0 bridgehead atoms. The predicted molar refractivity (Wildman–Crippen MR) is 74.4 cm³/mol. The minimum atomic E-state index is 0.363. The van der Waals surface area contributed by atoms with Crippen molar-refractivity contribution in [3.63, 3.8) is 0 Å². The fraction of sp³-hybridized carbons (Fsp3) is 0.364. The Hall–Kier alpha value is -0.840. The highest BCUT2D eigenvalue weighted by molar-refractivity contribution is 7.80. The van der Waals surface area contributed by atoms with Crippen molar-refractivity contribution in [1.82, 2.24) is 4.90 Å². The van der Waals surface area contributed by atoms with E-state index in [1.165, 1.54) is 0 Å². The third-order valence-corrected chi connectivity index (χ3v) is 2.68. The molecule has 0 fully saturated rings. The van der Waals surface area contributed by atoms with Gasteiger partial charge in [-0.1, -0.05) is 23.8 Å². The van der Waals surface area contributed by atoms with Gasteiger partial charge >= 0.3 is 0 Å². The first-order chi connectivity index (χ1) is 7.50. The Morgan fingerprint density at radius 3 is 2.69 bits per heavy atom. The molecule has 1 rings (SSSR count). The zero-order chi connectivity index (χ0) is 12.1. The van der Waals surface area contributed by atoms with Gasteiger partial charge in [-0.25, -0.2) is 0 Å². The Morgan fingerprint density at radius 2 is 2.19 bits per heavy atom. The second kappa shape index (κ2) is 6.03. The molecule has 0 radical (unpaired) electrons. The summed E-state index contributed by atoms with van der Waals surface area (Å²) in [5.74, 6) is 0. The number of anilines is 1. The molecule has 3 N–H and O–H groups in total. The monoisotopic (exact) mass is 257 g/mol. The van der Waals surface area contributed by atoms with Gasteiger partial charge in [0.1, 0.15) is 4.99 Å². The standard InChI is InChI=1S/C11H16ClN3S/c1-15(2)6-5-14-10-4-3-8(11(13)16)7-9(10)12/h3-4,7,14H,5-6H2,1-2H3,(H2,13,16). The van der Waals surface area contributed by atoms with Crippen molar-refractivity contribution >= 4 is 34.5 Å². The number of nitrogens with one attached hydrogen (secondary N) is 1. The van der Waals surface area contributed by atoms with Crippen LogP contribution in [0.3, 0.4) is 0 Å². The van der Waals surface area contributed by atoms with E-state index in [-0.39, 0.29) is 0 Å². The molecule has 0 spiro atoms. The highest BCUT2D eigenvalue weighted by Gasteiger charge is 2.03. The maximum atomic E-state index is 6.10. The average Bonchev–Trinajstić information content (AvgIpc) is 2.19. The molecular formula is C11H16ClN3S. The molecule has 0 unspecified atom stereocenters. The molecule has 0 heterocycles. The third kappa shape index (κ3) is 3.96. The van der Waals surface area contributed by atoms with E-state index < -0.39 is 0 Å². The summed E-state index contributed by atoms with van der Waals surface area (Å²) in [4.78, 5) is 2.46. The van der Waals surface area contributed by atoms with Crippen molar-refractivity contribution in [2.75, 3.05) is 32.5 Å². The van der Waals surface area contributed by atoms with E-state index in [4.69, 9.17) is 29.6 Å². The number of nitrogens with zero attached hydrogens (tertiary/aromatic N) is 1. The Labute approximate surface area is 107 Å². The minimum absolute atomic E-state index is 0.363. The second-order valence-corrected chi connectivity index (χ2v) is 4.64. The van der Waals surface area contributed by atoms with Gasteiger partial charge in [-0.3, -0.25) is 0 Å². The van der Waals surface area contributed by atoms with E-state index in [2.05, 4.69) is 10.2 Å². The number of thiocarbonyl (C=S) groups is 1. The highest BCUT2D eigenvalue weighted by Crippen LogP contribution is 2.22. The average molecular weight is 258 g/mol. The number of likely N-dealkylation sites (N-methyl/N-ethyl adjacent to an activating group) is 1. The van der Waals surface area contributed by atoms with Crippen LogP contribution in [0.25, 0.3) is 0 Å². The van der Waals surface area contributed by atoms with Crippen molar-refractivity contribution in [3.8, 4) is 0 Å². The smallest absolute Gasteiger partial charge is 0.104 e. The molecule has 0 aliphatic heterocycles. The molecule has 1 aromatic rings. The summed E-state index contributed by atoms with van der Waals surface area (Å²) in [6.07, 6.45) is 0. The summed E-state index contributed by atoms with van der Waals surface area (Å²) in [6, 6.07) is 5.54. The van der Waals surface area contributed by atoms with Crippen LogP contribution >= 0.6 is 23.8 Å². The van der Waals surface area contributed by atoms with Gasteiger partial charge in [-0.05, 0) is 32.3 Å². The maximum Gasteiger partial charge on any atom is 0.104 e. The van der Waals surface area contributed by atoms with Crippen LogP contribution in [0, 0.1) is 0 Å². The van der Waals surface area contributed by atoms with Crippen LogP contribution in [-0.4, -0.2) is 37.1 Å². The normalized spacial score (nSPS) is 10.5. The van der Waals surface area contributed by atoms with Crippen molar-refractivity contribution in [3.05, 3.63) is 28.8 Å². The summed E-state index contributed by atoms with van der Waals surface area (Å²) in [7, 11) is 4.05. The largest absolute Gasteiger partial charge is 0.389 e. The molecule has 0 atom stereocenters. The van der Waals surface area contributed by atoms with Crippen molar-refractivity contribution in [1.29, 1.82) is 0 Å². The molecule has 0 aromatic heterocycles. The summed E-state index contributed by atoms with van der Waals surface area (Å²) in [5.41, 5.74) is 7.21. The molecule has 0 aliphatic rings. The van der Waals surface area contributed by atoms with E-state index >= 15 is 0 Å². The van der Waals surface area contributed by atoms with E-state index in [1.807, 2.05) is 26.2 Å². The Bertz CT molecular complexity index is 379. The van der Waals surface area contributed by atoms with Gasteiger partial charge in [0.05, 0.1) is 10.7 Å². The van der Waals surface area contributed by atoms with Gasteiger partial charge < -0.3 is 16.0 Å². The molecule has 0 saturated carbocycles. The number of rotatable bonds is 5. The number of hydrogen-bond acceptors (Lipinski definition) is 3. The quantitative estimate of drug-likeness (QED) is 0.792. The summed E-state index contributed by atoms with van der Waals surface area (Å²) >= 11 is 11.0. The lowest BCUT2D eigenvalue weighted by Gasteiger charge is -2.12. The fourth-order valence-corrected chi connectivity index (χ4v) is 1.60. The van der Waals surface area contributed by atoms with E-state index in [9.17, 15) is 0 Å². The molecule has 16 heavy (non-hydrogen) atoms. The number of benzene rings is 1. The molecule has 3 nitrogen and oxygen atoms in total. The van der Waals surface area contributed by atoms with E-state index in [1.54, 1.807) is 6.07 Å². The van der Waals surface area contributed by atoms with Crippen molar-refractivity contribution in [2.45, 2.75) is 0 Å². The molecule has 0 saturated heterocycles. The van der Waals surface area contributed by atoms with Crippen LogP contribution in [0.4, 0.5) is 5.69 Å². The van der Waals surface area contributed by atoms with Gasteiger partial charge in [0.2, 0.25) is 0 Å². The Kier molecular flexibility index (Phi) is 4.99.